The largest absolute Gasteiger partial charge is 0.493 e. The molecule has 34 heavy (non-hydrogen) atoms. The third kappa shape index (κ3) is 4.86. The highest BCUT2D eigenvalue weighted by Crippen LogP contribution is 2.51. The van der Waals surface area contributed by atoms with Crippen molar-refractivity contribution in [2.24, 2.45) is 0 Å². The van der Waals surface area contributed by atoms with Gasteiger partial charge in [-0.15, -0.1) is 0 Å². The van der Waals surface area contributed by atoms with Gasteiger partial charge in [-0.05, 0) is 53.3 Å². The lowest BCUT2D eigenvalue weighted by Crippen LogP contribution is -2.31. The molecule has 1 N–H and O–H groups in total. The first-order valence-corrected chi connectivity index (χ1v) is 12.0. The van der Waals surface area contributed by atoms with Crippen molar-refractivity contribution in [3.8, 4) is 16.9 Å². The van der Waals surface area contributed by atoms with Crippen LogP contribution in [0.3, 0.4) is 0 Å². The summed E-state index contributed by atoms with van der Waals surface area (Å²) >= 11 is 0. The molecule has 1 atom stereocenters. The summed E-state index contributed by atoms with van der Waals surface area (Å²) in [7, 11) is 0. The zero-order chi connectivity index (χ0) is 24.0. The van der Waals surface area contributed by atoms with E-state index >= 15 is 0 Å². The molecule has 0 heterocycles. The third-order valence-electron chi connectivity index (χ3n) is 6.28. The van der Waals surface area contributed by atoms with Crippen molar-refractivity contribution in [2.45, 2.75) is 44.8 Å². The minimum absolute atomic E-state index is 0.324. The Hall–Kier alpha value is -3.15. The highest BCUT2D eigenvalue weighted by molar-refractivity contribution is 5.80. The minimum atomic E-state index is -0.948. The van der Waals surface area contributed by atoms with Crippen LogP contribution in [0.4, 0.5) is 0 Å². The van der Waals surface area contributed by atoms with Crippen LogP contribution in [0.2, 0.25) is 0 Å². The number of hydrogen-bond donors (Lipinski definition) is 1. The summed E-state index contributed by atoms with van der Waals surface area (Å²) in [5, 5.41) is 9.30. The molecule has 5 nitrogen and oxygen atoms in total. The summed E-state index contributed by atoms with van der Waals surface area (Å²) in [6.07, 6.45) is 1.11. The molecule has 178 valence electrons. The summed E-state index contributed by atoms with van der Waals surface area (Å²) < 4.78 is 18.0. The van der Waals surface area contributed by atoms with Crippen molar-refractivity contribution < 1.29 is 24.1 Å². The molecule has 0 fully saturated rings. The second-order valence-electron chi connectivity index (χ2n) is 8.50. The van der Waals surface area contributed by atoms with Gasteiger partial charge in [-0.1, -0.05) is 67.6 Å². The number of hydrogen-bond acceptors (Lipinski definition) is 4. The highest BCUT2D eigenvalue weighted by atomic mass is 16.5. The molecular formula is C29H32O5. The summed E-state index contributed by atoms with van der Waals surface area (Å²) in [6, 6.07) is 24.5. The molecule has 1 aliphatic carbocycles. The van der Waals surface area contributed by atoms with Gasteiger partial charge in [-0.2, -0.15) is 0 Å². The minimum Gasteiger partial charge on any atom is -0.493 e. The quantitative estimate of drug-likeness (QED) is 0.368. The average Bonchev–Trinajstić information content (AvgIpc) is 3.14. The lowest BCUT2D eigenvalue weighted by Gasteiger charge is -2.32. The fourth-order valence-corrected chi connectivity index (χ4v) is 4.73. The van der Waals surface area contributed by atoms with Crippen molar-refractivity contribution >= 4 is 5.97 Å². The second-order valence-corrected chi connectivity index (χ2v) is 8.50. The maximum atomic E-state index is 11.3. The van der Waals surface area contributed by atoms with Crippen LogP contribution in [0.5, 0.6) is 5.75 Å². The summed E-state index contributed by atoms with van der Waals surface area (Å²) in [5.41, 5.74) is 5.20. The number of carboxylic acid groups (broad SMARTS) is 1. The van der Waals surface area contributed by atoms with Gasteiger partial charge >= 0.3 is 5.97 Å². The Morgan fingerprint density at radius 1 is 0.882 bits per heavy atom. The van der Waals surface area contributed by atoms with E-state index in [1.165, 1.54) is 22.3 Å². The van der Waals surface area contributed by atoms with Gasteiger partial charge in [-0.3, -0.25) is 0 Å². The smallest absolute Gasteiger partial charge is 0.333 e. The van der Waals surface area contributed by atoms with Gasteiger partial charge < -0.3 is 19.3 Å². The van der Waals surface area contributed by atoms with Crippen molar-refractivity contribution in [2.75, 3.05) is 19.8 Å². The second kappa shape index (κ2) is 10.9. The van der Waals surface area contributed by atoms with Crippen molar-refractivity contribution in [3.05, 3.63) is 89.5 Å². The fourth-order valence-electron chi connectivity index (χ4n) is 4.73. The molecule has 0 aliphatic heterocycles. The van der Waals surface area contributed by atoms with Crippen LogP contribution in [0.25, 0.3) is 11.1 Å². The lowest BCUT2D eigenvalue weighted by molar-refractivity contribution is -0.149. The van der Waals surface area contributed by atoms with Gasteiger partial charge in [0.1, 0.15) is 11.4 Å². The van der Waals surface area contributed by atoms with Crippen LogP contribution in [0, 0.1) is 0 Å². The summed E-state index contributed by atoms with van der Waals surface area (Å²) in [5.74, 6) is -0.200. The molecule has 0 bridgehead atoms. The first kappa shape index (κ1) is 24.0. The zero-order valence-electron chi connectivity index (χ0n) is 19.8. The normalized spacial score (nSPS) is 14.3. The van der Waals surface area contributed by atoms with Gasteiger partial charge in [0.25, 0.3) is 0 Å². The number of ether oxygens (including phenoxy) is 3. The molecule has 5 heteroatoms. The Bertz CT molecular complexity index is 1060. The summed E-state index contributed by atoms with van der Waals surface area (Å²) in [6.45, 7) is 5.45. The Kier molecular flexibility index (Phi) is 7.66. The number of aliphatic carboxylic acids is 1. The molecule has 1 aliphatic rings. The lowest BCUT2D eigenvalue weighted by atomic mass is 9.88. The first-order chi connectivity index (χ1) is 16.6. The van der Waals surface area contributed by atoms with Crippen LogP contribution in [0.15, 0.2) is 72.8 Å². The standard InChI is InChI=1S/C29H32O5/c1-3-18-34-29(25-11-7-5-9-23(25)24-10-6-8-12-26(24)29)17-19-33-22-15-13-21(14-16-22)20-27(28(30)31)32-4-2/h5-16,27H,3-4,17-20H2,1-2H3,(H,30,31). The van der Waals surface area contributed by atoms with Crippen LogP contribution in [-0.2, 0) is 26.3 Å². The van der Waals surface area contributed by atoms with Crippen LogP contribution in [-0.4, -0.2) is 37.0 Å². The molecule has 0 radical (unpaired) electrons. The number of rotatable bonds is 12. The fraction of sp³-hybridized carbons (Fsp3) is 0.345. The van der Waals surface area contributed by atoms with Crippen LogP contribution in [0.1, 0.15) is 43.4 Å². The van der Waals surface area contributed by atoms with Crippen molar-refractivity contribution in [3.63, 3.8) is 0 Å². The van der Waals surface area contributed by atoms with Gasteiger partial charge in [0.05, 0.1) is 6.61 Å². The Labute approximate surface area is 201 Å². The van der Waals surface area contributed by atoms with E-state index in [1.54, 1.807) is 6.92 Å². The van der Waals surface area contributed by atoms with E-state index in [4.69, 9.17) is 14.2 Å². The van der Waals surface area contributed by atoms with Gasteiger partial charge in [-0.25, -0.2) is 4.79 Å². The van der Waals surface area contributed by atoms with Crippen LogP contribution >= 0.6 is 0 Å². The molecule has 3 aromatic rings. The van der Waals surface area contributed by atoms with E-state index in [0.29, 0.717) is 32.7 Å². The average molecular weight is 461 g/mol. The summed E-state index contributed by atoms with van der Waals surface area (Å²) in [4.78, 5) is 11.3. The molecule has 0 amide bonds. The van der Waals surface area contributed by atoms with Gasteiger partial charge in [0, 0.05) is 26.1 Å². The van der Waals surface area contributed by atoms with E-state index in [2.05, 4.69) is 55.5 Å². The molecule has 0 saturated heterocycles. The van der Waals surface area contributed by atoms with E-state index < -0.39 is 17.7 Å². The maximum absolute atomic E-state index is 11.3. The van der Waals surface area contributed by atoms with Crippen molar-refractivity contribution in [1.82, 2.24) is 0 Å². The number of carboxylic acids is 1. The van der Waals surface area contributed by atoms with E-state index in [-0.39, 0.29) is 0 Å². The molecule has 3 aromatic carbocycles. The molecule has 0 spiro atoms. The zero-order valence-corrected chi connectivity index (χ0v) is 19.8. The molecular weight excluding hydrogens is 428 g/mol. The molecule has 0 saturated carbocycles. The monoisotopic (exact) mass is 460 g/mol. The predicted molar refractivity (Wildman–Crippen MR) is 132 cm³/mol. The van der Waals surface area contributed by atoms with E-state index in [9.17, 15) is 9.90 Å². The van der Waals surface area contributed by atoms with Crippen molar-refractivity contribution in [1.29, 1.82) is 0 Å². The highest BCUT2D eigenvalue weighted by Gasteiger charge is 2.43. The number of fused-ring (bicyclic) bond motifs is 3. The number of carbonyl (C=O) groups is 1. The van der Waals surface area contributed by atoms with E-state index in [0.717, 1.165) is 17.7 Å². The first-order valence-electron chi connectivity index (χ1n) is 12.0. The Morgan fingerprint density at radius 3 is 2.06 bits per heavy atom. The molecule has 4 rings (SSSR count). The Morgan fingerprint density at radius 2 is 1.50 bits per heavy atom. The molecule has 0 aromatic heterocycles. The SMILES string of the molecule is CCCOC1(CCOc2ccc(CC(OCC)C(=O)O)cc2)c2ccccc2-c2ccccc21. The predicted octanol–water partition coefficient (Wildman–Crippen LogP) is 5.84. The van der Waals surface area contributed by atoms with Gasteiger partial charge in [0.2, 0.25) is 0 Å². The van der Waals surface area contributed by atoms with E-state index in [1.807, 2.05) is 24.3 Å². The Balaban J connectivity index is 1.49. The van der Waals surface area contributed by atoms with Gasteiger partial charge in [0.15, 0.2) is 6.10 Å². The topological polar surface area (TPSA) is 65.0 Å². The number of benzene rings is 3. The molecule has 1 unspecified atom stereocenters. The van der Waals surface area contributed by atoms with Crippen LogP contribution < -0.4 is 4.74 Å². The maximum Gasteiger partial charge on any atom is 0.333 e. The third-order valence-corrected chi connectivity index (χ3v) is 6.28.